The number of carbonyl (C=O) groups excluding carboxylic acids is 1. The second kappa shape index (κ2) is 5.25. The van der Waals surface area contributed by atoms with E-state index in [1.54, 1.807) is 7.05 Å². The fourth-order valence-corrected chi connectivity index (χ4v) is 2.18. The number of aryl methyl sites for hydroxylation is 2. The number of aromatic hydroxyl groups is 2. The number of carbonyl (C=O) groups is 1. The zero-order chi connectivity index (χ0) is 14.9. The summed E-state index contributed by atoms with van der Waals surface area (Å²) in [5.74, 6) is -1.07. The molecular weight excluding hydrogens is 254 g/mol. The van der Waals surface area contributed by atoms with Crippen LogP contribution in [0.3, 0.4) is 0 Å². The van der Waals surface area contributed by atoms with Gasteiger partial charge in [0.1, 0.15) is 0 Å². The second-order valence-electron chi connectivity index (χ2n) is 4.83. The van der Waals surface area contributed by atoms with E-state index in [0.717, 1.165) is 16.8 Å². The van der Waals surface area contributed by atoms with Gasteiger partial charge in [-0.15, -0.1) is 0 Å². The van der Waals surface area contributed by atoms with Gasteiger partial charge >= 0.3 is 0 Å². The highest BCUT2D eigenvalue weighted by molar-refractivity contribution is 6.08. The molecule has 0 radical (unpaired) electrons. The van der Waals surface area contributed by atoms with Crippen LogP contribution in [0.5, 0.6) is 11.5 Å². The lowest BCUT2D eigenvalue weighted by Gasteiger charge is -2.20. The third-order valence-corrected chi connectivity index (χ3v) is 3.26. The fourth-order valence-electron chi connectivity index (χ4n) is 2.18. The third-order valence-electron chi connectivity index (χ3n) is 3.26. The van der Waals surface area contributed by atoms with E-state index in [0.29, 0.717) is 0 Å². The molecule has 2 rings (SSSR count). The number of para-hydroxylation sites is 1. The highest BCUT2D eigenvalue weighted by Crippen LogP contribution is 2.30. The van der Waals surface area contributed by atoms with Crippen molar-refractivity contribution in [2.75, 3.05) is 11.9 Å². The number of rotatable bonds is 2. The quantitative estimate of drug-likeness (QED) is 0.825. The monoisotopic (exact) mass is 271 g/mol. The molecule has 0 spiro atoms. The fraction of sp³-hybridized carbons (Fsp3) is 0.188. The molecule has 1 amide bonds. The maximum Gasteiger partial charge on any atom is 0.261 e. The van der Waals surface area contributed by atoms with Crippen molar-refractivity contribution in [2.24, 2.45) is 0 Å². The van der Waals surface area contributed by atoms with Crippen LogP contribution in [0.4, 0.5) is 5.69 Å². The van der Waals surface area contributed by atoms with Crippen molar-refractivity contribution in [3.63, 3.8) is 0 Å². The van der Waals surface area contributed by atoms with E-state index < -0.39 is 5.75 Å². The maximum absolute atomic E-state index is 12.4. The van der Waals surface area contributed by atoms with Gasteiger partial charge in [-0.2, -0.15) is 0 Å². The minimum atomic E-state index is -0.394. The summed E-state index contributed by atoms with van der Waals surface area (Å²) in [4.78, 5) is 13.9. The van der Waals surface area contributed by atoms with Crippen molar-refractivity contribution >= 4 is 11.6 Å². The minimum absolute atomic E-state index is 0.0764. The standard InChI is InChI=1S/C16H17NO3/c1-10-7-8-13(11(2)9-10)17(3)16(20)12-5-4-6-14(18)15(12)19/h4-9,18-19H,1-3H3. The van der Waals surface area contributed by atoms with E-state index in [4.69, 9.17) is 0 Å². The van der Waals surface area contributed by atoms with Crippen molar-refractivity contribution in [3.8, 4) is 11.5 Å². The van der Waals surface area contributed by atoms with Gasteiger partial charge in [0, 0.05) is 12.7 Å². The van der Waals surface area contributed by atoms with Gasteiger partial charge < -0.3 is 15.1 Å². The molecular formula is C16H17NO3. The molecule has 0 atom stereocenters. The summed E-state index contributed by atoms with van der Waals surface area (Å²) in [6.07, 6.45) is 0. The van der Waals surface area contributed by atoms with Gasteiger partial charge in [0.15, 0.2) is 11.5 Å². The molecule has 0 bridgehead atoms. The molecule has 104 valence electrons. The van der Waals surface area contributed by atoms with Crippen molar-refractivity contribution < 1.29 is 15.0 Å². The number of hydrogen-bond donors (Lipinski definition) is 2. The Labute approximate surface area is 117 Å². The zero-order valence-electron chi connectivity index (χ0n) is 11.7. The van der Waals surface area contributed by atoms with Crippen LogP contribution >= 0.6 is 0 Å². The Balaban J connectivity index is 2.40. The van der Waals surface area contributed by atoms with Crippen LogP contribution in [0, 0.1) is 13.8 Å². The Morgan fingerprint density at radius 2 is 1.80 bits per heavy atom. The third kappa shape index (κ3) is 2.45. The Morgan fingerprint density at radius 1 is 1.10 bits per heavy atom. The minimum Gasteiger partial charge on any atom is -0.504 e. The van der Waals surface area contributed by atoms with E-state index >= 15 is 0 Å². The first-order valence-electron chi connectivity index (χ1n) is 6.28. The summed E-state index contributed by atoms with van der Waals surface area (Å²) in [6, 6.07) is 10.1. The van der Waals surface area contributed by atoms with Gasteiger partial charge in [0.05, 0.1) is 5.56 Å². The largest absolute Gasteiger partial charge is 0.504 e. The topological polar surface area (TPSA) is 60.8 Å². The van der Waals surface area contributed by atoms with Gasteiger partial charge in [0.2, 0.25) is 0 Å². The van der Waals surface area contributed by atoms with E-state index in [1.807, 2.05) is 32.0 Å². The average Bonchev–Trinajstić information content (AvgIpc) is 2.40. The number of anilines is 1. The van der Waals surface area contributed by atoms with E-state index in [2.05, 4.69) is 0 Å². The van der Waals surface area contributed by atoms with Crippen LogP contribution in [0.15, 0.2) is 36.4 Å². The first-order valence-corrected chi connectivity index (χ1v) is 6.28. The molecule has 0 aliphatic carbocycles. The normalized spacial score (nSPS) is 10.3. The molecule has 0 aliphatic heterocycles. The Morgan fingerprint density at radius 3 is 2.45 bits per heavy atom. The molecule has 2 aromatic carbocycles. The molecule has 4 heteroatoms. The Bertz CT molecular complexity index is 665. The highest BCUT2D eigenvalue weighted by atomic mass is 16.3. The first kappa shape index (κ1) is 13.9. The van der Waals surface area contributed by atoms with E-state index in [1.165, 1.54) is 23.1 Å². The lowest BCUT2D eigenvalue weighted by Crippen LogP contribution is -2.27. The van der Waals surface area contributed by atoms with Crippen molar-refractivity contribution in [1.82, 2.24) is 0 Å². The molecule has 20 heavy (non-hydrogen) atoms. The van der Waals surface area contributed by atoms with Gasteiger partial charge in [-0.05, 0) is 37.6 Å². The SMILES string of the molecule is Cc1ccc(N(C)C(=O)c2cccc(O)c2O)c(C)c1. The summed E-state index contributed by atoms with van der Waals surface area (Å²) in [5.41, 5.74) is 2.93. The Kier molecular flexibility index (Phi) is 3.66. The summed E-state index contributed by atoms with van der Waals surface area (Å²) < 4.78 is 0. The molecule has 0 fully saturated rings. The molecule has 0 saturated heterocycles. The average molecular weight is 271 g/mol. The Hall–Kier alpha value is -2.49. The van der Waals surface area contributed by atoms with E-state index in [9.17, 15) is 15.0 Å². The van der Waals surface area contributed by atoms with Crippen LogP contribution in [0.1, 0.15) is 21.5 Å². The molecule has 0 heterocycles. The number of nitrogens with zero attached hydrogens (tertiary/aromatic N) is 1. The van der Waals surface area contributed by atoms with Crippen molar-refractivity contribution in [2.45, 2.75) is 13.8 Å². The first-order chi connectivity index (χ1) is 9.41. The predicted molar refractivity (Wildman–Crippen MR) is 78.4 cm³/mol. The van der Waals surface area contributed by atoms with Crippen LogP contribution < -0.4 is 4.90 Å². The van der Waals surface area contributed by atoms with Gasteiger partial charge in [-0.3, -0.25) is 4.79 Å². The van der Waals surface area contributed by atoms with Crippen LogP contribution in [0.25, 0.3) is 0 Å². The van der Waals surface area contributed by atoms with Gasteiger partial charge in [-0.1, -0.05) is 23.8 Å². The molecule has 2 aromatic rings. The number of hydrogen-bond acceptors (Lipinski definition) is 3. The van der Waals surface area contributed by atoms with E-state index in [-0.39, 0.29) is 17.2 Å². The molecule has 0 unspecified atom stereocenters. The molecule has 2 N–H and O–H groups in total. The van der Waals surface area contributed by atoms with Crippen molar-refractivity contribution in [3.05, 3.63) is 53.1 Å². The lowest BCUT2D eigenvalue weighted by molar-refractivity contribution is 0.0989. The summed E-state index contributed by atoms with van der Waals surface area (Å²) >= 11 is 0. The number of phenols is 2. The summed E-state index contributed by atoms with van der Waals surface area (Å²) in [5, 5.41) is 19.3. The van der Waals surface area contributed by atoms with Gasteiger partial charge in [0.25, 0.3) is 5.91 Å². The predicted octanol–water partition coefficient (Wildman–Crippen LogP) is 2.99. The smallest absolute Gasteiger partial charge is 0.261 e. The summed E-state index contributed by atoms with van der Waals surface area (Å²) in [6.45, 7) is 3.91. The number of amides is 1. The van der Waals surface area contributed by atoms with Crippen molar-refractivity contribution in [1.29, 1.82) is 0 Å². The van der Waals surface area contributed by atoms with Crippen LogP contribution in [-0.2, 0) is 0 Å². The molecule has 0 aliphatic rings. The number of benzene rings is 2. The highest BCUT2D eigenvalue weighted by Gasteiger charge is 2.19. The number of phenolic OH excluding ortho intramolecular Hbond substituents is 2. The molecule has 4 nitrogen and oxygen atoms in total. The van der Waals surface area contributed by atoms with Gasteiger partial charge in [-0.25, -0.2) is 0 Å². The zero-order valence-corrected chi connectivity index (χ0v) is 11.7. The van der Waals surface area contributed by atoms with Crippen LogP contribution in [0.2, 0.25) is 0 Å². The van der Waals surface area contributed by atoms with Crippen LogP contribution in [-0.4, -0.2) is 23.2 Å². The molecule has 0 saturated carbocycles. The second-order valence-corrected chi connectivity index (χ2v) is 4.83. The molecule has 0 aromatic heterocycles. The lowest BCUT2D eigenvalue weighted by atomic mass is 10.1. The maximum atomic E-state index is 12.4. The summed E-state index contributed by atoms with van der Waals surface area (Å²) in [7, 11) is 1.64.